The predicted octanol–water partition coefficient (Wildman–Crippen LogP) is 0.224. The molecule has 2 aliphatic rings. The van der Waals surface area contributed by atoms with Crippen LogP contribution in [-0.4, -0.2) is 55.9 Å². The Morgan fingerprint density at radius 1 is 1.20 bits per heavy atom. The van der Waals surface area contributed by atoms with Gasteiger partial charge in [-0.2, -0.15) is 4.31 Å². The zero-order chi connectivity index (χ0) is 14.3. The fourth-order valence-electron chi connectivity index (χ4n) is 2.55. The Labute approximate surface area is 116 Å². The molecule has 1 atom stereocenters. The molecule has 2 fully saturated rings. The largest absolute Gasteiger partial charge is 0.336 e. The Balaban J connectivity index is 1.82. The molecule has 0 saturated carbocycles. The summed E-state index contributed by atoms with van der Waals surface area (Å²) in [6.45, 7) is 1.34. The number of halogens is 1. The van der Waals surface area contributed by atoms with Crippen LogP contribution >= 0.6 is 0 Å². The molecule has 8 heteroatoms. The van der Waals surface area contributed by atoms with Gasteiger partial charge in [0.25, 0.3) is 0 Å². The Morgan fingerprint density at radius 2 is 1.90 bits per heavy atom. The zero-order valence-corrected chi connectivity index (χ0v) is 11.4. The van der Waals surface area contributed by atoms with Gasteiger partial charge in [0, 0.05) is 26.2 Å². The number of benzene rings is 1. The molecule has 20 heavy (non-hydrogen) atoms. The van der Waals surface area contributed by atoms with Crippen LogP contribution in [0.3, 0.4) is 0 Å². The molecule has 1 N–H and O–H groups in total. The lowest BCUT2D eigenvalue weighted by Gasteiger charge is -2.35. The average molecular weight is 299 g/mol. The van der Waals surface area contributed by atoms with Crippen LogP contribution in [0.15, 0.2) is 29.2 Å². The lowest BCUT2D eigenvalue weighted by molar-refractivity contribution is 0.164. The lowest BCUT2D eigenvalue weighted by Crippen LogP contribution is -2.53. The minimum Gasteiger partial charge on any atom is -0.336 e. The van der Waals surface area contributed by atoms with Crippen LogP contribution in [0, 0.1) is 5.82 Å². The normalized spacial score (nSPS) is 23.6. The zero-order valence-electron chi connectivity index (χ0n) is 10.6. The van der Waals surface area contributed by atoms with Gasteiger partial charge in [-0.3, -0.25) is 0 Å². The second kappa shape index (κ2) is 4.71. The average Bonchev–Trinajstić information content (AvgIpc) is 2.80. The number of carbonyl (C=O) groups is 1. The second-order valence-corrected chi connectivity index (χ2v) is 6.79. The molecule has 6 nitrogen and oxygen atoms in total. The quantitative estimate of drug-likeness (QED) is 0.849. The van der Waals surface area contributed by atoms with Crippen molar-refractivity contribution in [2.24, 2.45) is 0 Å². The van der Waals surface area contributed by atoms with E-state index >= 15 is 0 Å². The number of hydrogen-bond donors (Lipinski definition) is 1. The van der Waals surface area contributed by atoms with Crippen molar-refractivity contribution < 1.29 is 17.6 Å². The van der Waals surface area contributed by atoms with Crippen LogP contribution in [-0.2, 0) is 10.0 Å². The van der Waals surface area contributed by atoms with Crippen molar-refractivity contribution in [1.82, 2.24) is 14.5 Å². The van der Waals surface area contributed by atoms with Crippen LogP contribution in [0.25, 0.3) is 0 Å². The maximum atomic E-state index is 12.9. The van der Waals surface area contributed by atoms with Gasteiger partial charge in [0.2, 0.25) is 10.0 Å². The monoisotopic (exact) mass is 299 g/mol. The van der Waals surface area contributed by atoms with E-state index in [1.807, 2.05) is 0 Å². The SMILES string of the molecule is O=C1NCC2CN(S(=O)(=O)c3ccc(F)cc3)CCN12. The number of nitrogens with one attached hydrogen (secondary N) is 1. The summed E-state index contributed by atoms with van der Waals surface area (Å²) in [7, 11) is -3.63. The molecule has 2 aliphatic heterocycles. The summed E-state index contributed by atoms with van der Waals surface area (Å²) in [6, 6.07) is 4.50. The standard InChI is InChI=1S/C12H14FN3O3S/c13-9-1-3-11(4-2-9)20(18,19)15-5-6-16-10(8-15)7-14-12(16)17/h1-4,10H,5-8H2,(H,14,17). The van der Waals surface area contributed by atoms with E-state index in [9.17, 15) is 17.6 Å². The molecule has 1 aromatic rings. The van der Waals surface area contributed by atoms with Crippen molar-refractivity contribution in [1.29, 1.82) is 0 Å². The fourth-order valence-corrected chi connectivity index (χ4v) is 4.02. The molecule has 0 aliphatic carbocycles. The summed E-state index contributed by atoms with van der Waals surface area (Å²) in [6.07, 6.45) is 0. The van der Waals surface area contributed by atoms with Gasteiger partial charge in [-0.15, -0.1) is 0 Å². The molecular weight excluding hydrogens is 285 g/mol. The van der Waals surface area contributed by atoms with Crippen molar-refractivity contribution in [2.45, 2.75) is 10.9 Å². The van der Waals surface area contributed by atoms with Gasteiger partial charge in [-0.1, -0.05) is 0 Å². The summed E-state index contributed by atoms with van der Waals surface area (Å²) in [5.41, 5.74) is 0. The molecule has 108 valence electrons. The molecule has 2 heterocycles. The van der Waals surface area contributed by atoms with E-state index in [4.69, 9.17) is 0 Å². The number of fused-ring (bicyclic) bond motifs is 1. The van der Waals surface area contributed by atoms with Crippen LogP contribution in [0.4, 0.5) is 9.18 Å². The first kappa shape index (κ1) is 13.3. The molecule has 0 radical (unpaired) electrons. The number of piperazine rings is 1. The first-order valence-corrected chi connectivity index (χ1v) is 7.73. The third-order valence-corrected chi connectivity index (χ3v) is 5.53. The Kier molecular flexibility index (Phi) is 3.14. The number of nitrogens with zero attached hydrogens (tertiary/aromatic N) is 2. The molecular formula is C12H14FN3O3S. The number of hydrogen-bond acceptors (Lipinski definition) is 3. The summed E-state index contributed by atoms with van der Waals surface area (Å²) in [5, 5.41) is 2.70. The van der Waals surface area contributed by atoms with E-state index in [1.165, 1.54) is 16.4 Å². The van der Waals surface area contributed by atoms with Gasteiger partial charge < -0.3 is 10.2 Å². The molecule has 2 amide bonds. The van der Waals surface area contributed by atoms with E-state index in [0.29, 0.717) is 13.1 Å². The van der Waals surface area contributed by atoms with Gasteiger partial charge in [0.15, 0.2) is 0 Å². The van der Waals surface area contributed by atoms with Crippen molar-refractivity contribution in [3.05, 3.63) is 30.1 Å². The lowest BCUT2D eigenvalue weighted by atomic mass is 10.2. The number of rotatable bonds is 2. The number of carbonyl (C=O) groups excluding carboxylic acids is 1. The third kappa shape index (κ3) is 2.14. The second-order valence-electron chi connectivity index (χ2n) is 4.85. The van der Waals surface area contributed by atoms with E-state index in [2.05, 4.69) is 5.32 Å². The van der Waals surface area contributed by atoms with Gasteiger partial charge in [-0.25, -0.2) is 17.6 Å². The van der Waals surface area contributed by atoms with Crippen molar-refractivity contribution >= 4 is 16.1 Å². The highest BCUT2D eigenvalue weighted by Gasteiger charge is 2.39. The fraction of sp³-hybridized carbons (Fsp3) is 0.417. The number of urea groups is 1. The highest BCUT2D eigenvalue weighted by atomic mass is 32.2. The summed E-state index contributed by atoms with van der Waals surface area (Å²) in [5.74, 6) is -0.473. The first-order valence-electron chi connectivity index (χ1n) is 6.29. The highest BCUT2D eigenvalue weighted by Crippen LogP contribution is 2.21. The smallest absolute Gasteiger partial charge is 0.317 e. The third-order valence-electron chi connectivity index (χ3n) is 3.65. The summed E-state index contributed by atoms with van der Waals surface area (Å²) >= 11 is 0. The summed E-state index contributed by atoms with van der Waals surface area (Å²) in [4.78, 5) is 13.2. The van der Waals surface area contributed by atoms with Gasteiger partial charge >= 0.3 is 6.03 Å². The van der Waals surface area contributed by atoms with Crippen LogP contribution < -0.4 is 5.32 Å². The minimum atomic E-state index is -3.63. The van der Waals surface area contributed by atoms with Crippen molar-refractivity contribution in [3.63, 3.8) is 0 Å². The Hall–Kier alpha value is -1.67. The van der Waals surface area contributed by atoms with Crippen molar-refractivity contribution in [2.75, 3.05) is 26.2 Å². The van der Waals surface area contributed by atoms with E-state index < -0.39 is 15.8 Å². The first-order chi connectivity index (χ1) is 9.48. The number of sulfonamides is 1. The molecule has 1 unspecified atom stereocenters. The van der Waals surface area contributed by atoms with Crippen LogP contribution in [0.1, 0.15) is 0 Å². The Morgan fingerprint density at radius 3 is 2.60 bits per heavy atom. The topological polar surface area (TPSA) is 69.7 Å². The van der Waals surface area contributed by atoms with Crippen molar-refractivity contribution in [3.8, 4) is 0 Å². The van der Waals surface area contributed by atoms with Crippen LogP contribution in [0.2, 0.25) is 0 Å². The van der Waals surface area contributed by atoms with Gasteiger partial charge in [0.05, 0.1) is 10.9 Å². The van der Waals surface area contributed by atoms with E-state index in [-0.39, 0.29) is 30.1 Å². The van der Waals surface area contributed by atoms with Gasteiger partial charge in [0.1, 0.15) is 5.82 Å². The predicted molar refractivity (Wildman–Crippen MR) is 69.1 cm³/mol. The molecule has 1 aromatic carbocycles. The molecule has 0 aromatic heterocycles. The number of amides is 2. The maximum absolute atomic E-state index is 12.9. The Bertz CT molecular complexity index is 632. The molecule has 0 bridgehead atoms. The van der Waals surface area contributed by atoms with E-state index in [0.717, 1.165) is 12.1 Å². The van der Waals surface area contributed by atoms with Crippen LogP contribution in [0.5, 0.6) is 0 Å². The highest BCUT2D eigenvalue weighted by molar-refractivity contribution is 7.89. The van der Waals surface area contributed by atoms with E-state index in [1.54, 1.807) is 4.90 Å². The summed E-state index contributed by atoms with van der Waals surface area (Å²) < 4.78 is 39.1. The van der Waals surface area contributed by atoms with Gasteiger partial charge in [-0.05, 0) is 24.3 Å². The molecule has 0 spiro atoms. The molecule has 3 rings (SSSR count). The minimum absolute atomic E-state index is 0.0737. The maximum Gasteiger partial charge on any atom is 0.317 e. The molecule has 2 saturated heterocycles.